The summed E-state index contributed by atoms with van der Waals surface area (Å²) < 4.78 is 23.1. The molecule has 0 bridgehead atoms. The van der Waals surface area contributed by atoms with Gasteiger partial charge in [-0.15, -0.1) is 0 Å². The quantitative estimate of drug-likeness (QED) is 0.841. The number of nitrogens with one attached hydrogen (secondary N) is 1. The van der Waals surface area contributed by atoms with E-state index in [0.29, 0.717) is 12.5 Å². The fraction of sp³-hybridized carbons (Fsp3) is 0.636. The van der Waals surface area contributed by atoms with Crippen molar-refractivity contribution < 1.29 is 8.42 Å². The Hall–Kier alpha value is -1.37. The van der Waals surface area contributed by atoms with E-state index < -0.39 is 9.84 Å². The average molecular weight is 270 g/mol. The van der Waals surface area contributed by atoms with Gasteiger partial charge < -0.3 is 10.2 Å². The number of hydrogen-bond donors (Lipinski definition) is 1. The molecule has 6 nitrogen and oxygen atoms in total. The lowest BCUT2D eigenvalue weighted by Crippen LogP contribution is -2.47. The average Bonchev–Trinajstić information content (AvgIpc) is 2.29. The SMILES string of the molecule is CNc1ncc(C)c(N2CCS(=O)(=O)CC2C)n1. The summed E-state index contributed by atoms with van der Waals surface area (Å²) in [5.41, 5.74) is 0.958. The number of nitrogens with zero attached hydrogens (tertiary/aromatic N) is 3. The lowest BCUT2D eigenvalue weighted by atomic mass is 10.2. The molecule has 100 valence electrons. The highest BCUT2D eigenvalue weighted by atomic mass is 32.2. The summed E-state index contributed by atoms with van der Waals surface area (Å²) in [4.78, 5) is 10.6. The Morgan fingerprint density at radius 2 is 2.22 bits per heavy atom. The number of hydrogen-bond acceptors (Lipinski definition) is 6. The van der Waals surface area contributed by atoms with E-state index in [0.717, 1.165) is 11.4 Å². The van der Waals surface area contributed by atoms with Crippen molar-refractivity contribution in [2.45, 2.75) is 19.9 Å². The summed E-state index contributed by atoms with van der Waals surface area (Å²) in [6.07, 6.45) is 1.75. The van der Waals surface area contributed by atoms with Gasteiger partial charge in [-0.2, -0.15) is 4.98 Å². The van der Waals surface area contributed by atoms with Crippen LogP contribution in [0, 0.1) is 6.92 Å². The minimum Gasteiger partial charge on any atom is -0.357 e. The number of aromatic nitrogens is 2. The van der Waals surface area contributed by atoms with Gasteiger partial charge in [-0.3, -0.25) is 0 Å². The molecule has 1 atom stereocenters. The van der Waals surface area contributed by atoms with Gasteiger partial charge in [0, 0.05) is 31.4 Å². The lowest BCUT2D eigenvalue weighted by Gasteiger charge is -2.35. The summed E-state index contributed by atoms with van der Waals surface area (Å²) in [7, 11) is -1.14. The molecular formula is C11H18N4O2S. The molecule has 0 saturated carbocycles. The monoisotopic (exact) mass is 270 g/mol. The van der Waals surface area contributed by atoms with E-state index in [9.17, 15) is 8.42 Å². The molecule has 1 saturated heterocycles. The van der Waals surface area contributed by atoms with Crippen LogP contribution in [0.15, 0.2) is 6.20 Å². The molecular weight excluding hydrogens is 252 g/mol. The third kappa shape index (κ3) is 2.55. The van der Waals surface area contributed by atoms with Crippen molar-refractivity contribution in [3.63, 3.8) is 0 Å². The van der Waals surface area contributed by atoms with Crippen molar-refractivity contribution in [1.82, 2.24) is 9.97 Å². The molecule has 0 radical (unpaired) electrons. The van der Waals surface area contributed by atoms with Gasteiger partial charge in [-0.1, -0.05) is 0 Å². The van der Waals surface area contributed by atoms with Gasteiger partial charge in [0.15, 0.2) is 9.84 Å². The zero-order valence-electron chi connectivity index (χ0n) is 10.8. The van der Waals surface area contributed by atoms with E-state index in [2.05, 4.69) is 15.3 Å². The normalized spacial score (nSPS) is 22.8. The second kappa shape index (κ2) is 4.72. The van der Waals surface area contributed by atoms with Gasteiger partial charge in [0.05, 0.1) is 11.5 Å². The molecule has 1 fully saturated rings. The van der Waals surface area contributed by atoms with Crippen LogP contribution in [0.3, 0.4) is 0 Å². The number of sulfone groups is 1. The third-order valence-electron chi connectivity index (χ3n) is 3.11. The smallest absolute Gasteiger partial charge is 0.224 e. The molecule has 1 unspecified atom stereocenters. The van der Waals surface area contributed by atoms with Crippen LogP contribution in [0.5, 0.6) is 0 Å². The van der Waals surface area contributed by atoms with Gasteiger partial charge in [-0.05, 0) is 13.8 Å². The maximum absolute atomic E-state index is 11.6. The summed E-state index contributed by atoms with van der Waals surface area (Å²) in [5.74, 6) is 1.74. The molecule has 18 heavy (non-hydrogen) atoms. The standard InChI is InChI=1S/C11H18N4O2S/c1-8-6-13-11(12-3)14-10(8)15-4-5-18(16,17)7-9(15)2/h6,9H,4-5,7H2,1-3H3,(H,12,13,14). The van der Waals surface area contributed by atoms with Crippen LogP contribution < -0.4 is 10.2 Å². The van der Waals surface area contributed by atoms with Gasteiger partial charge in [-0.25, -0.2) is 13.4 Å². The molecule has 2 rings (SSSR count). The Morgan fingerprint density at radius 1 is 1.50 bits per heavy atom. The van der Waals surface area contributed by atoms with Gasteiger partial charge in [0.25, 0.3) is 0 Å². The molecule has 1 aromatic rings. The van der Waals surface area contributed by atoms with Crippen molar-refractivity contribution in [2.24, 2.45) is 0 Å². The van der Waals surface area contributed by atoms with Crippen LogP contribution in [-0.2, 0) is 9.84 Å². The molecule has 0 spiro atoms. The van der Waals surface area contributed by atoms with Crippen molar-refractivity contribution >= 4 is 21.6 Å². The maximum Gasteiger partial charge on any atom is 0.224 e. The molecule has 7 heteroatoms. The number of anilines is 2. The molecule has 1 aromatic heterocycles. The highest BCUT2D eigenvalue weighted by Gasteiger charge is 2.29. The van der Waals surface area contributed by atoms with Crippen molar-refractivity contribution in [1.29, 1.82) is 0 Å². The van der Waals surface area contributed by atoms with E-state index in [4.69, 9.17) is 0 Å². The first-order chi connectivity index (χ1) is 8.43. The largest absolute Gasteiger partial charge is 0.357 e. The fourth-order valence-electron chi connectivity index (χ4n) is 2.16. The van der Waals surface area contributed by atoms with Crippen molar-refractivity contribution in [2.75, 3.05) is 35.3 Å². The minimum absolute atomic E-state index is 0.0537. The highest BCUT2D eigenvalue weighted by molar-refractivity contribution is 7.91. The van der Waals surface area contributed by atoms with Crippen LogP contribution in [0.4, 0.5) is 11.8 Å². The van der Waals surface area contributed by atoms with Crippen LogP contribution in [0.1, 0.15) is 12.5 Å². The van der Waals surface area contributed by atoms with E-state index in [1.807, 2.05) is 18.7 Å². The first kappa shape index (κ1) is 13.1. The third-order valence-corrected chi connectivity index (χ3v) is 4.91. The zero-order valence-corrected chi connectivity index (χ0v) is 11.7. The topological polar surface area (TPSA) is 75.2 Å². The molecule has 0 aliphatic carbocycles. The van der Waals surface area contributed by atoms with Crippen molar-refractivity contribution in [3.05, 3.63) is 11.8 Å². The zero-order chi connectivity index (χ0) is 13.3. The van der Waals surface area contributed by atoms with Gasteiger partial charge in [0.1, 0.15) is 5.82 Å². The molecule has 2 heterocycles. The molecule has 1 aliphatic heterocycles. The highest BCUT2D eigenvalue weighted by Crippen LogP contribution is 2.23. The molecule has 0 amide bonds. The van der Waals surface area contributed by atoms with Crippen LogP contribution in [0.25, 0.3) is 0 Å². The Bertz CT molecular complexity index is 544. The summed E-state index contributed by atoms with van der Waals surface area (Å²) in [6, 6.07) is -0.0537. The Morgan fingerprint density at radius 3 is 2.83 bits per heavy atom. The Balaban J connectivity index is 2.32. The number of aryl methyl sites for hydroxylation is 1. The fourth-order valence-corrected chi connectivity index (χ4v) is 3.71. The molecule has 1 aliphatic rings. The van der Waals surface area contributed by atoms with Gasteiger partial charge >= 0.3 is 0 Å². The van der Waals surface area contributed by atoms with E-state index in [1.54, 1.807) is 13.2 Å². The van der Waals surface area contributed by atoms with Crippen LogP contribution in [0.2, 0.25) is 0 Å². The Kier molecular flexibility index (Phi) is 3.43. The van der Waals surface area contributed by atoms with E-state index in [1.165, 1.54) is 0 Å². The summed E-state index contributed by atoms with van der Waals surface area (Å²) >= 11 is 0. The predicted octanol–water partition coefficient (Wildman–Crippen LogP) is 0.450. The molecule has 1 N–H and O–H groups in total. The Labute approximate surface area is 107 Å². The summed E-state index contributed by atoms with van der Waals surface area (Å²) in [6.45, 7) is 4.34. The second-order valence-corrected chi connectivity index (χ2v) is 6.84. The van der Waals surface area contributed by atoms with Crippen LogP contribution in [-0.4, -0.2) is 49.5 Å². The predicted molar refractivity (Wildman–Crippen MR) is 71.8 cm³/mol. The maximum atomic E-state index is 11.6. The first-order valence-electron chi connectivity index (χ1n) is 5.91. The first-order valence-corrected chi connectivity index (χ1v) is 7.73. The van der Waals surface area contributed by atoms with Crippen molar-refractivity contribution in [3.8, 4) is 0 Å². The van der Waals surface area contributed by atoms with Gasteiger partial charge in [0.2, 0.25) is 5.95 Å². The summed E-state index contributed by atoms with van der Waals surface area (Å²) in [5, 5.41) is 2.90. The van der Waals surface area contributed by atoms with E-state index >= 15 is 0 Å². The van der Waals surface area contributed by atoms with E-state index in [-0.39, 0.29) is 17.5 Å². The lowest BCUT2D eigenvalue weighted by molar-refractivity contribution is 0.566. The second-order valence-electron chi connectivity index (χ2n) is 4.61. The minimum atomic E-state index is -2.90. The molecule has 0 aromatic carbocycles. The van der Waals surface area contributed by atoms with Crippen LogP contribution >= 0.6 is 0 Å². The number of rotatable bonds is 2.